The Morgan fingerprint density at radius 2 is 1.66 bits per heavy atom. The third-order valence-electron chi connectivity index (χ3n) is 5.88. The molecule has 2 aliphatic heterocycles. The maximum atomic E-state index is 13.0. The Morgan fingerprint density at radius 1 is 1.00 bits per heavy atom. The lowest BCUT2D eigenvalue weighted by Crippen LogP contribution is -2.54. The Kier molecular flexibility index (Phi) is 7.28. The molecule has 2 aromatic carbocycles. The molecule has 3 aromatic rings. The van der Waals surface area contributed by atoms with Gasteiger partial charge in [-0.05, 0) is 18.2 Å². The van der Waals surface area contributed by atoms with Crippen molar-refractivity contribution >= 4 is 28.6 Å². The van der Waals surface area contributed by atoms with Gasteiger partial charge in [0.15, 0.2) is 23.0 Å². The fourth-order valence-electron chi connectivity index (χ4n) is 4.08. The number of methoxy groups -OCH3 is 2. The predicted molar refractivity (Wildman–Crippen MR) is 134 cm³/mol. The molecule has 35 heavy (non-hydrogen) atoms. The minimum absolute atomic E-state index is 0.0834. The number of anilines is 2. The average molecular weight is 482 g/mol. The van der Waals surface area contributed by atoms with Crippen molar-refractivity contribution in [3.63, 3.8) is 0 Å². The molecule has 1 fully saturated rings. The summed E-state index contributed by atoms with van der Waals surface area (Å²) in [7, 11) is 3.14. The molecule has 2 N–H and O–H groups in total. The van der Waals surface area contributed by atoms with Crippen molar-refractivity contribution in [1.82, 2.24) is 14.9 Å². The highest BCUT2D eigenvalue weighted by Crippen LogP contribution is 2.34. The number of benzene rings is 2. The number of ether oxygens (including phenoxy) is 4. The van der Waals surface area contributed by atoms with E-state index < -0.39 is 6.10 Å². The maximum Gasteiger partial charge on any atom is 0.267 e. The lowest BCUT2D eigenvalue weighted by Gasteiger charge is -2.37. The van der Waals surface area contributed by atoms with Crippen molar-refractivity contribution in [1.29, 1.82) is 0 Å². The van der Waals surface area contributed by atoms with Crippen molar-refractivity contribution < 1.29 is 23.7 Å². The summed E-state index contributed by atoms with van der Waals surface area (Å²) < 4.78 is 22.3. The van der Waals surface area contributed by atoms with Gasteiger partial charge in [-0.3, -0.25) is 4.79 Å². The smallest absolute Gasteiger partial charge is 0.267 e. The van der Waals surface area contributed by atoms with E-state index in [0.717, 1.165) is 0 Å². The van der Waals surface area contributed by atoms with Crippen LogP contribution in [0, 0.1) is 0 Å². The molecule has 2 aliphatic rings. The van der Waals surface area contributed by atoms with Crippen molar-refractivity contribution in [2.75, 3.05) is 57.6 Å². The zero-order chi connectivity index (χ0) is 24.9. The SMILES string of the molecule is CC.COc1cc2nc(N3CCN(C(=O)C4COc5ccccc5O4)CC3)nc(N)c2cc1OC. The Balaban J connectivity index is 0.00000141. The summed E-state index contributed by atoms with van der Waals surface area (Å²) in [5, 5.41) is 0.694. The molecule has 1 atom stereocenters. The summed E-state index contributed by atoms with van der Waals surface area (Å²) >= 11 is 0. The van der Waals surface area contributed by atoms with Crippen LogP contribution >= 0.6 is 0 Å². The number of hydrogen-bond acceptors (Lipinski definition) is 9. The number of para-hydroxylation sites is 2. The van der Waals surface area contributed by atoms with Crippen molar-refractivity contribution in [2.45, 2.75) is 20.0 Å². The predicted octanol–water partition coefficient (Wildman–Crippen LogP) is 2.74. The highest BCUT2D eigenvalue weighted by Gasteiger charge is 2.33. The van der Waals surface area contributed by atoms with Gasteiger partial charge in [0, 0.05) is 37.6 Å². The van der Waals surface area contributed by atoms with E-state index in [1.54, 1.807) is 37.3 Å². The minimum Gasteiger partial charge on any atom is -0.493 e. The van der Waals surface area contributed by atoms with Gasteiger partial charge in [-0.1, -0.05) is 26.0 Å². The molecule has 10 heteroatoms. The summed E-state index contributed by atoms with van der Waals surface area (Å²) in [5.74, 6) is 3.18. The van der Waals surface area contributed by atoms with Crippen LogP contribution in [0.25, 0.3) is 10.9 Å². The molecule has 5 rings (SSSR count). The van der Waals surface area contributed by atoms with Crippen LogP contribution in [0.5, 0.6) is 23.0 Å². The van der Waals surface area contributed by atoms with E-state index in [4.69, 9.17) is 24.7 Å². The summed E-state index contributed by atoms with van der Waals surface area (Å²) in [6, 6.07) is 10.9. The second-order valence-corrected chi connectivity index (χ2v) is 7.81. The van der Waals surface area contributed by atoms with Gasteiger partial charge in [0.2, 0.25) is 12.1 Å². The normalized spacial score (nSPS) is 16.9. The van der Waals surface area contributed by atoms with Gasteiger partial charge in [0.05, 0.1) is 19.7 Å². The number of amides is 1. The molecule has 1 amide bonds. The van der Waals surface area contributed by atoms with Crippen LogP contribution < -0.4 is 29.6 Å². The summed E-state index contributed by atoms with van der Waals surface area (Å²) in [6.07, 6.45) is -0.651. The molecule has 186 valence electrons. The Morgan fingerprint density at radius 3 is 2.34 bits per heavy atom. The highest BCUT2D eigenvalue weighted by molar-refractivity contribution is 5.91. The minimum atomic E-state index is -0.651. The quantitative estimate of drug-likeness (QED) is 0.601. The second-order valence-electron chi connectivity index (χ2n) is 7.81. The third kappa shape index (κ3) is 4.82. The van der Waals surface area contributed by atoms with Crippen LogP contribution in [0.4, 0.5) is 11.8 Å². The molecule has 0 saturated carbocycles. The van der Waals surface area contributed by atoms with E-state index >= 15 is 0 Å². The number of nitrogens with zero attached hydrogens (tertiary/aromatic N) is 4. The van der Waals surface area contributed by atoms with Crippen molar-refractivity contribution in [3.05, 3.63) is 36.4 Å². The lowest BCUT2D eigenvalue weighted by atomic mass is 10.2. The topological polar surface area (TPSA) is 112 Å². The molecular weight excluding hydrogens is 450 g/mol. The molecule has 10 nitrogen and oxygen atoms in total. The average Bonchev–Trinajstić information content (AvgIpc) is 2.92. The number of carbonyl (C=O) groups excluding carboxylic acids is 1. The van der Waals surface area contributed by atoms with Crippen LogP contribution in [0.2, 0.25) is 0 Å². The van der Waals surface area contributed by atoms with Gasteiger partial charge in [0.25, 0.3) is 5.91 Å². The van der Waals surface area contributed by atoms with Crippen LogP contribution in [0.3, 0.4) is 0 Å². The number of nitrogens with two attached hydrogens (primary N) is 1. The van der Waals surface area contributed by atoms with E-state index in [1.165, 1.54) is 0 Å². The van der Waals surface area contributed by atoms with Crippen molar-refractivity contribution in [2.24, 2.45) is 0 Å². The van der Waals surface area contributed by atoms with Gasteiger partial charge in [0.1, 0.15) is 12.4 Å². The first-order valence-electron chi connectivity index (χ1n) is 11.7. The van der Waals surface area contributed by atoms with E-state index in [9.17, 15) is 4.79 Å². The lowest BCUT2D eigenvalue weighted by molar-refractivity contribution is -0.141. The first kappa shape index (κ1) is 24.2. The first-order chi connectivity index (χ1) is 17.1. The molecule has 0 radical (unpaired) electrons. The molecule has 3 heterocycles. The molecule has 0 spiro atoms. The van der Waals surface area contributed by atoms with Crippen LogP contribution in [-0.4, -0.2) is 73.9 Å². The second kappa shape index (κ2) is 10.5. The molecule has 1 aromatic heterocycles. The Bertz CT molecular complexity index is 1200. The van der Waals surface area contributed by atoms with Gasteiger partial charge in [-0.25, -0.2) is 4.98 Å². The summed E-state index contributed by atoms with van der Waals surface area (Å²) in [4.78, 5) is 26.0. The maximum absolute atomic E-state index is 13.0. The molecular formula is C25H31N5O5. The van der Waals surface area contributed by atoms with E-state index in [-0.39, 0.29) is 12.5 Å². The number of piperazine rings is 1. The van der Waals surface area contributed by atoms with Crippen LogP contribution in [-0.2, 0) is 4.79 Å². The largest absolute Gasteiger partial charge is 0.493 e. The number of rotatable bonds is 4. The van der Waals surface area contributed by atoms with E-state index in [1.807, 2.05) is 36.9 Å². The number of aromatic nitrogens is 2. The highest BCUT2D eigenvalue weighted by atomic mass is 16.6. The fraction of sp³-hybridized carbons (Fsp3) is 0.400. The molecule has 1 unspecified atom stereocenters. The Hall–Kier alpha value is -3.95. The zero-order valence-corrected chi connectivity index (χ0v) is 20.5. The number of fused-ring (bicyclic) bond motifs is 2. The van der Waals surface area contributed by atoms with Crippen LogP contribution in [0.15, 0.2) is 36.4 Å². The van der Waals surface area contributed by atoms with Gasteiger partial charge in [-0.2, -0.15) is 4.98 Å². The molecule has 0 bridgehead atoms. The molecule has 1 saturated heterocycles. The number of hydrogen-bond donors (Lipinski definition) is 1. The van der Waals surface area contributed by atoms with Gasteiger partial charge >= 0.3 is 0 Å². The summed E-state index contributed by atoms with van der Waals surface area (Å²) in [5.41, 5.74) is 6.89. The number of carbonyl (C=O) groups is 1. The first-order valence-corrected chi connectivity index (χ1v) is 11.7. The third-order valence-corrected chi connectivity index (χ3v) is 5.88. The standard InChI is InChI=1S/C23H25N5O5.C2H6/c1-30-18-11-14-15(12-19(18)31-2)25-23(26-21(14)24)28-9-7-27(8-10-28)22(29)20-13-32-16-5-3-4-6-17(16)33-20;1-2/h3-6,11-12,20H,7-10,13H2,1-2H3,(H2,24,25,26);1-2H3. The van der Waals surface area contributed by atoms with E-state index in [2.05, 4.69) is 9.97 Å². The van der Waals surface area contributed by atoms with Gasteiger partial charge in [-0.15, -0.1) is 0 Å². The van der Waals surface area contributed by atoms with Crippen LogP contribution in [0.1, 0.15) is 13.8 Å². The molecule has 0 aliphatic carbocycles. The summed E-state index contributed by atoms with van der Waals surface area (Å²) in [6.45, 7) is 6.40. The zero-order valence-electron chi connectivity index (χ0n) is 20.5. The monoisotopic (exact) mass is 481 g/mol. The number of nitrogen functional groups attached to an aromatic ring is 1. The van der Waals surface area contributed by atoms with Gasteiger partial charge < -0.3 is 34.5 Å². The van der Waals surface area contributed by atoms with Crippen molar-refractivity contribution in [3.8, 4) is 23.0 Å². The fourth-order valence-corrected chi connectivity index (χ4v) is 4.08. The van der Waals surface area contributed by atoms with E-state index in [0.29, 0.717) is 71.8 Å². The Labute approximate surface area is 204 Å².